The number of nitrogens with one attached hydrogen (secondary N) is 2. The fourth-order valence-corrected chi connectivity index (χ4v) is 4.14. The first-order valence-electron chi connectivity index (χ1n) is 10.3. The van der Waals surface area contributed by atoms with E-state index in [0.29, 0.717) is 33.1 Å². The highest BCUT2D eigenvalue weighted by Gasteiger charge is 2.25. The van der Waals surface area contributed by atoms with Gasteiger partial charge in [-0.05, 0) is 29.7 Å². The van der Waals surface area contributed by atoms with E-state index in [4.69, 9.17) is 23.2 Å². The Morgan fingerprint density at radius 2 is 1.79 bits per heavy atom. The lowest BCUT2D eigenvalue weighted by atomic mass is 10.0. The molecule has 0 unspecified atom stereocenters. The minimum atomic E-state index is -0.384. The van der Waals surface area contributed by atoms with Crippen LogP contribution in [-0.2, 0) is 18.4 Å². The van der Waals surface area contributed by atoms with Crippen LogP contribution in [0.2, 0.25) is 10.0 Å². The van der Waals surface area contributed by atoms with Crippen LogP contribution in [0.5, 0.6) is 0 Å². The Hall–Kier alpha value is -2.55. The molecule has 0 aliphatic heterocycles. The molecule has 0 saturated carbocycles. The normalized spacial score (nSPS) is 11.9. The third kappa shape index (κ3) is 6.72. The van der Waals surface area contributed by atoms with Crippen molar-refractivity contribution in [2.45, 2.75) is 31.6 Å². The van der Waals surface area contributed by atoms with Gasteiger partial charge in [0.25, 0.3) is 5.91 Å². The topological polar surface area (TPSA) is 88.9 Å². The Morgan fingerprint density at radius 3 is 2.45 bits per heavy atom. The summed E-state index contributed by atoms with van der Waals surface area (Å²) in [4.78, 5) is 25.0. The minimum absolute atomic E-state index is 0.0478. The lowest BCUT2D eigenvalue weighted by Crippen LogP contribution is -2.33. The number of hydrogen-bond donors (Lipinski definition) is 2. The van der Waals surface area contributed by atoms with Crippen LogP contribution in [0.25, 0.3) is 0 Å². The van der Waals surface area contributed by atoms with E-state index in [1.807, 2.05) is 51.2 Å². The molecule has 3 rings (SSSR count). The van der Waals surface area contributed by atoms with Crippen LogP contribution >= 0.6 is 35.0 Å². The van der Waals surface area contributed by atoms with Gasteiger partial charge in [-0.1, -0.05) is 79.1 Å². The standard InChI is InChI=1S/C23H25Cl2N5O2S/c1-14(2)20(27-22(32)16-9-10-17(24)18(25)11-16)21-28-29-23(30(21)3)33-13-19(31)26-12-15-7-5-4-6-8-15/h4-11,14,20H,12-13H2,1-3H3,(H,26,31)(H,27,32)/t20-/m1/s1. The zero-order chi connectivity index (χ0) is 24.0. The molecule has 0 fully saturated rings. The molecule has 10 heteroatoms. The fourth-order valence-electron chi connectivity index (χ4n) is 3.09. The summed E-state index contributed by atoms with van der Waals surface area (Å²) in [6.07, 6.45) is 0. The Labute approximate surface area is 207 Å². The highest BCUT2D eigenvalue weighted by atomic mass is 35.5. The van der Waals surface area contributed by atoms with E-state index in [9.17, 15) is 9.59 Å². The molecule has 0 radical (unpaired) electrons. The van der Waals surface area contributed by atoms with Gasteiger partial charge in [0.05, 0.1) is 21.8 Å². The van der Waals surface area contributed by atoms with E-state index < -0.39 is 0 Å². The smallest absolute Gasteiger partial charge is 0.251 e. The van der Waals surface area contributed by atoms with Crippen molar-refractivity contribution < 1.29 is 9.59 Å². The molecule has 0 aliphatic rings. The summed E-state index contributed by atoms with van der Waals surface area (Å²) >= 11 is 13.3. The molecule has 2 N–H and O–H groups in total. The van der Waals surface area contributed by atoms with Gasteiger partial charge in [0, 0.05) is 19.2 Å². The van der Waals surface area contributed by atoms with Gasteiger partial charge in [-0.3, -0.25) is 9.59 Å². The number of amides is 2. The van der Waals surface area contributed by atoms with E-state index in [-0.39, 0.29) is 29.5 Å². The molecular weight excluding hydrogens is 481 g/mol. The third-order valence-electron chi connectivity index (χ3n) is 4.95. The van der Waals surface area contributed by atoms with Gasteiger partial charge in [-0.2, -0.15) is 0 Å². The van der Waals surface area contributed by atoms with Gasteiger partial charge in [0.2, 0.25) is 5.91 Å². The average Bonchev–Trinajstić information content (AvgIpc) is 3.16. The number of thioether (sulfide) groups is 1. The summed E-state index contributed by atoms with van der Waals surface area (Å²) in [6.45, 7) is 4.44. The van der Waals surface area contributed by atoms with Crippen LogP contribution in [0.1, 0.15) is 41.6 Å². The second-order valence-corrected chi connectivity index (χ2v) is 9.53. The zero-order valence-electron chi connectivity index (χ0n) is 18.5. The summed E-state index contributed by atoms with van der Waals surface area (Å²) in [5.74, 6) is 0.476. The molecule has 1 aromatic heterocycles. The first-order chi connectivity index (χ1) is 15.8. The van der Waals surface area contributed by atoms with Crippen LogP contribution in [0.3, 0.4) is 0 Å². The summed E-state index contributed by atoms with van der Waals surface area (Å²) in [5, 5.41) is 15.7. The van der Waals surface area contributed by atoms with Gasteiger partial charge >= 0.3 is 0 Å². The molecule has 0 saturated heterocycles. The summed E-state index contributed by atoms with van der Waals surface area (Å²) in [5.41, 5.74) is 1.44. The number of hydrogen-bond acceptors (Lipinski definition) is 5. The maximum absolute atomic E-state index is 12.8. The third-order valence-corrected chi connectivity index (χ3v) is 6.71. The highest BCUT2D eigenvalue weighted by Crippen LogP contribution is 2.26. The Morgan fingerprint density at radius 1 is 1.06 bits per heavy atom. The van der Waals surface area contributed by atoms with E-state index >= 15 is 0 Å². The highest BCUT2D eigenvalue weighted by molar-refractivity contribution is 7.99. The number of benzene rings is 2. The minimum Gasteiger partial charge on any atom is -0.351 e. The lowest BCUT2D eigenvalue weighted by Gasteiger charge is -2.22. The van der Waals surface area contributed by atoms with Gasteiger partial charge < -0.3 is 15.2 Å². The van der Waals surface area contributed by atoms with Crippen molar-refractivity contribution in [3.8, 4) is 0 Å². The molecule has 7 nitrogen and oxygen atoms in total. The molecule has 2 amide bonds. The van der Waals surface area contributed by atoms with E-state index in [1.54, 1.807) is 16.7 Å². The average molecular weight is 506 g/mol. The SMILES string of the molecule is CC(C)[C@@H](NC(=O)c1ccc(Cl)c(Cl)c1)c1nnc(SCC(=O)NCc2ccccc2)n1C. The van der Waals surface area contributed by atoms with Gasteiger partial charge in [-0.25, -0.2) is 0 Å². The fraction of sp³-hybridized carbons (Fsp3) is 0.304. The van der Waals surface area contributed by atoms with Crippen molar-refractivity contribution in [1.29, 1.82) is 0 Å². The van der Waals surface area contributed by atoms with Crippen molar-refractivity contribution in [3.63, 3.8) is 0 Å². The maximum Gasteiger partial charge on any atom is 0.251 e. The summed E-state index contributed by atoms with van der Waals surface area (Å²) < 4.78 is 1.80. The molecule has 0 bridgehead atoms. The monoisotopic (exact) mass is 505 g/mol. The molecule has 174 valence electrons. The predicted octanol–water partition coefficient (Wildman–Crippen LogP) is 4.66. The van der Waals surface area contributed by atoms with Crippen molar-refractivity contribution in [2.24, 2.45) is 13.0 Å². The Kier molecular flexibility index (Phi) is 8.77. The van der Waals surface area contributed by atoms with E-state index in [0.717, 1.165) is 5.56 Å². The number of halogens is 2. The van der Waals surface area contributed by atoms with Crippen LogP contribution in [0, 0.1) is 5.92 Å². The molecule has 1 heterocycles. The van der Waals surface area contributed by atoms with Gasteiger partial charge in [0.15, 0.2) is 11.0 Å². The molecule has 0 aliphatic carbocycles. The number of carbonyl (C=O) groups excluding carboxylic acids is 2. The van der Waals surface area contributed by atoms with Crippen molar-refractivity contribution in [1.82, 2.24) is 25.4 Å². The molecular formula is C23H25Cl2N5O2S. The van der Waals surface area contributed by atoms with Crippen molar-refractivity contribution in [3.05, 3.63) is 75.5 Å². The molecule has 0 spiro atoms. The van der Waals surface area contributed by atoms with Crippen molar-refractivity contribution in [2.75, 3.05) is 5.75 Å². The molecule has 1 atom stereocenters. The lowest BCUT2D eigenvalue weighted by molar-refractivity contribution is -0.118. The number of carbonyl (C=O) groups is 2. The van der Waals surface area contributed by atoms with Crippen LogP contribution in [0.15, 0.2) is 53.7 Å². The largest absolute Gasteiger partial charge is 0.351 e. The molecule has 2 aromatic carbocycles. The number of rotatable bonds is 9. The summed E-state index contributed by atoms with van der Waals surface area (Å²) in [6, 6.07) is 14.1. The Bertz CT molecular complexity index is 1120. The molecule has 33 heavy (non-hydrogen) atoms. The second-order valence-electron chi connectivity index (χ2n) is 7.77. The maximum atomic E-state index is 12.8. The van der Waals surface area contributed by atoms with E-state index in [1.165, 1.54) is 17.8 Å². The zero-order valence-corrected chi connectivity index (χ0v) is 20.8. The number of nitrogens with zero attached hydrogens (tertiary/aromatic N) is 3. The van der Waals surface area contributed by atoms with Crippen LogP contribution in [-0.4, -0.2) is 32.3 Å². The first kappa shape index (κ1) is 25.1. The van der Waals surface area contributed by atoms with E-state index in [2.05, 4.69) is 20.8 Å². The summed E-state index contributed by atoms with van der Waals surface area (Å²) in [7, 11) is 1.82. The Balaban J connectivity index is 1.63. The van der Waals surface area contributed by atoms with Gasteiger partial charge in [0.1, 0.15) is 0 Å². The molecule has 3 aromatic rings. The predicted molar refractivity (Wildman–Crippen MR) is 132 cm³/mol. The number of aromatic nitrogens is 3. The van der Waals surface area contributed by atoms with Crippen molar-refractivity contribution >= 4 is 46.8 Å². The van der Waals surface area contributed by atoms with Gasteiger partial charge in [-0.15, -0.1) is 10.2 Å². The van der Waals surface area contributed by atoms with Crippen LogP contribution < -0.4 is 10.6 Å². The first-order valence-corrected chi connectivity index (χ1v) is 12.1. The second kappa shape index (κ2) is 11.5. The van der Waals surface area contributed by atoms with Crippen LogP contribution in [0.4, 0.5) is 0 Å². The quantitative estimate of drug-likeness (QED) is 0.413.